The smallest absolute Gasteiger partial charge is 0.250 e. The second-order valence-electron chi connectivity index (χ2n) is 4.23. The lowest BCUT2D eigenvalue weighted by Gasteiger charge is -2.12. The van der Waals surface area contributed by atoms with Gasteiger partial charge in [0.15, 0.2) is 17.4 Å². The summed E-state index contributed by atoms with van der Waals surface area (Å²) in [7, 11) is 0. The van der Waals surface area contributed by atoms with E-state index in [0.29, 0.717) is 11.3 Å². The Balaban J connectivity index is 2.55. The number of amidine groups is 1. The third-order valence-corrected chi connectivity index (χ3v) is 2.91. The van der Waals surface area contributed by atoms with E-state index in [4.69, 9.17) is 15.7 Å². The minimum atomic E-state index is -1.16. The summed E-state index contributed by atoms with van der Waals surface area (Å²) in [6.45, 7) is 3.33. The van der Waals surface area contributed by atoms with E-state index < -0.39 is 11.6 Å². The zero-order chi connectivity index (χ0) is 15.6. The van der Waals surface area contributed by atoms with Crippen LogP contribution in [0.2, 0.25) is 0 Å². The lowest BCUT2D eigenvalue weighted by molar-refractivity contribution is 0.318. The van der Waals surface area contributed by atoms with Gasteiger partial charge in [-0.2, -0.15) is 9.49 Å². The van der Waals surface area contributed by atoms with Crippen LogP contribution in [0.4, 0.5) is 8.78 Å². The fourth-order valence-electron chi connectivity index (χ4n) is 1.68. The summed E-state index contributed by atoms with van der Waals surface area (Å²) in [5, 5.41) is 19.3. The first kappa shape index (κ1) is 14.6. The zero-order valence-electron chi connectivity index (χ0n) is 11.3. The topological polar surface area (TPSA) is 93.6 Å². The normalized spacial score (nSPS) is 11.5. The fourth-order valence-corrected chi connectivity index (χ4v) is 1.68. The molecule has 6 nitrogen and oxygen atoms in total. The van der Waals surface area contributed by atoms with Crippen LogP contribution in [0.3, 0.4) is 0 Å². The van der Waals surface area contributed by atoms with Crippen molar-refractivity contribution in [1.82, 2.24) is 10.2 Å². The summed E-state index contributed by atoms with van der Waals surface area (Å²) in [6, 6.07) is 3.47. The van der Waals surface area contributed by atoms with Crippen molar-refractivity contribution in [1.29, 1.82) is 0 Å². The number of aromatic nitrogens is 2. The first-order valence-electron chi connectivity index (χ1n) is 5.89. The number of nitrogens with zero attached hydrogens (tertiary/aromatic N) is 3. The summed E-state index contributed by atoms with van der Waals surface area (Å²) < 4.78 is 32.0. The first-order chi connectivity index (χ1) is 9.95. The van der Waals surface area contributed by atoms with Gasteiger partial charge in [-0.05, 0) is 31.5 Å². The number of rotatable bonds is 3. The van der Waals surface area contributed by atoms with Crippen LogP contribution in [0.1, 0.15) is 16.8 Å². The van der Waals surface area contributed by atoms with E-state index in [2.05, 4.69) is 15.4 Å². The van der Waals surface area contributed by atoms with Crippen LogP contribution in [0.15, 0.2) is 23.4 Å². The van der Waals surface area contributed by atoms with Crippen LogP contribution in [0.5, 0.6) is 11.6 Å². The number of benzene rings is 1. The Labute approximate surface area is 118 Å². The average molecular weight is 294 g/mol. The molecule has 110 valence electrons. The third-order valence-electron chi connectivity index (χ3n) is 2.91. The predicted molar refractivity (Wildman–Crippen MR) is 70.4 cm³/mol. The molecule has 8 heteroatoms. The van der Waals surface area contributed by atoms with Crippen LogP contribution in [0, 0.1) is 25.5 Å². The van der Waals surface area contributed by atoms with Gasteiger partial charge >= 0.3 is 0 Å². The van der Waals surface area contributed by atoms with E-state index in [0.717, 1.165) is 6.07 Å². The van der Waals surface area contributed by atoms with Gasteiger partial charge in [0.1, 0.15) is 0 Å². The van der Waals surface area contributed by atoms with E-state index in [9.17, 15) is 8.78 Å². The molecule has 0 radical (unpaired) electrons. The van der Waals surface area contributed by atoms with Gasteiger partial charge in [0.2, 0.25) is 11.7 Å². The van der Waals surface area contributed by atoms with Gasteiger partial charge < -0.3 is 15.7 Å². The summed E-state index contributed by atoms with van der Waals surface area (Å²) in [5.41, 5.74) is 6.81. The van der Waals surface area contributed by atoms with E-state index in [-0.39, 0.29) is 23.0 Å². The molecule has 0 unspecified atom stereocenters. The Kier molecular flexibility index (Phi) is 3.97. The molecule has 1 aromatic carbocycles. The van der Waals surface area contributed by atoms with Crippen LogP contribution < -0.4 is 10.5 Å². The number of nitrogens with two attached hydrogens (primary N) is 1. The molecule has 0 saturated carbocycles. The van der Waals surface area contributed by atoms with Gasteiger partial charge in [-0.3, -0.25) is 0 Å². The monoisotopic (exact) mass is 294 g/mol. The molecule has 0 aliphatic heterocycles. The third kappa shape index (κ3) is 2.73. The quantitative estimate of drug-likeness (QED) is 0.392. The standard InChI is InChI=1S/C13H12F2N4O2/c1-6-7(2)17-18-13(10(6)12(16)19-20)21-9-5-3-4-8(14)11(9)15/h3-5,20H,1-2H3,(H2,16,19). The highest BCUT2D eigenvalue weighted by atomic mass is 19.2. The van der Waals surface area contributed by atoms with Crippen LogP contribution in [-0.4, -0.2) is 21.2 Å². The second-order valence-corrected chi connectivity index (χ2v) is 4.23. The molecule has 3 N–H and O–H groups in total. The molecule has 1 aromatic heterocycles. The molecule has 0 spiro atoms. The number of halogens is 2. The highest BCUT2D eigenvalue weighted by Gasteiger charge is 2.19. The second kappa shape index (κ2) is 5.70. The van der Waals surface area contributed by atoms with Crippen molar-refractivity contribution in [3.05, 3.63) is 46.7 Å². The molecule has 0 bridgehead atoms. The predicted octanol–water partition coefficient (Wildman–Crippen LogP) is 2.26. The average Bonchev–Trinajstić information content (AvgIpc) is 2.47. The molecule has 1 heterocycles. The Hall–Kier alpha value is -2.77. The molecule has 2 aromatic rings. The van der Waals surface area contributed by atoms with Crippen LogP contribution in [-0.2, 0) is 0 Å². The van der Waals surface area contributed by atoms with E-state index in [1.165, 1.54) is 12.1 Å². The van der Waals surface area contributed by atoms with Gasteiger partial charge in [-0.1, -0.05) is 11.2 Å². The Morgan fingerprint density at radius 1 is 1.29 bits per heavy atom. The summed E-state index contributed by atoms with van der Waals surface area (Å²) >= 11 is 0. The lowest BCUT2D eigenvalue weighted by atomic mass is 10.1. The highest BCUT2D eigenvalue weighted by molar-refractivity contribution is 6.00. The SMILES string of the molecule is Cc1nnc(Oc2cccc(F)c2F)c(C(N)=NO)c1C. The molecule has 0 amide bonds. The molecule has 0 atom stereocenters. The molecular weight excluding hydrogens is 282 g/mol. The summed E-state index contributed by atoms with van der Waals surface area (Å²) in [6.07, 6.45) is 0. The minimum absolute atomic E-state index is 0.161. The summed E-state index contributed by atoms with van der Waals surface area (Å²) in [5.74, 6) is -3.05. The van der Waals surface area contributed by atoms with E-state index >= 15 is 0 Å². The van der Waals surface area contributed by atoms with Gasteiger partial charge in [0.25, 0.3) is 0 Å². The maximum absolute atomic E-state index is 13.6. The maximum Gasteiger partial charge on any atom is 0.250 e. The molecular formula is C13H12F2N4O2. The molecule has 0 fully saturated rings. The van der Waals surface area contributed by atoms with Crippen molar-refractivity contribution in [2.45, 2.75) is 13.8 Å². The number of oxime groups is 1. The molecule has 0 saturated heterocycles. The maximum atomic E-state index is 13.6. The van der Waals surface area contributed by atoms with Crippen LogP contribution in [0.25, 0.3) is 0 Å². The lowest BCUT2D eigenvalue weighted by Crippen LogP contribution is -2.18. The van der Waals surface area contributed by atoms with E-state index in [1.807, 2.05) is 0 Å². The first-order valence-corrected chi connectivity index (χ1v) is 5.89. The Morgan fingerprint density at radius 3 is 2.67 bits per heavy atom. The Morgan fingerprint density at radius 2 is 2.00 bits per heavy atom. The molecule has 21 heavy (non-hydrogen) atoms. The van der Waals surface area contributed by atoms with Gasteiger partial charge in [-0.15, -0.1) is 5.10 Å². The number of ether oxygens (including phenoxy) is 1. The Bertz CT molecular complexity index is 720. The zero-order valence-corrected chi connectivity index (χ0v) is 11.3. The molecule has 0 aliphatic carbocycles. The largest absolute Gasteiger partial charge is 0.434 e. The molecule has 0 aliphatic rings. The molecule has 2 rings (SSSR count). The van der Waals surface area contributed by atoms with Crippen molar-refractivity contribution in [3.8, 4) is 11.6 Å². The van der Waals surface area contributed by atoms with Gasteiger partial charge in [-0.25, -0.2) is 4.39 Å². The van der Waals surface area contributed by atoms with Crippen molar-refractivity contribution in [2.24, 2.45) is 10.9 Å². The number of aryl methyl sites for hydroxylation is 1. The van der Waals surface area contributed by atoms with Crippen molar-refractivity contribution >= 4 is 5.84 Å². The van der Waals surface area contributed by atoms with Gasteiger partial charge in [0, 0.05) is 0 Å². The van der Waals surface area contributed by atoms with E-state index in [1.54, 1.807) is 13.8 Å². The van der Waals surface area contributed by atoms with Crippen molar-refractivity contribution in [3.63, 3.8) is 0 Å². The number of hydrogen-bond donors (Lipinski definition) is 2. The summed E-state index contributed by atoms with van der Waals surface area (Å²) in [4.78, 5) is 0. The number of hydrogen-bond acceptors (Lipinski definition) is 5. The van der Waals surface area contributed by atoms with Crippen molar-refractivity contribution in [2.75, 3.05) is 0 Å². The highest BCUT2D eigenvalue weighted by Crippen LogP contribution is 2.28. The minimum Gasteiger partial charge on any atom is -0.434 e. The van der Waals surface area contributed by atoms with Crippen molar-refractivity contribution < 1.29 is 18.7 Å². The fraction of sp³-hybridized carbons (Fsp3) is 0.154. The van der Waals surface area contributed by atoms with Crippen LogP contribution >= 0.6 is 0 Å². The van der Waals surface area contributed by atoms with Gasteiger partial charge in [0.05, 0.1) is 11.3 Å².